The van der Waals surface area contributed by atoms with E-state index in [1.807, 2.05) is 6.07 Å². The van der Waals surface area contributed by atoms with Crippen LogP contribution >= 0.6 is 23.2 Å². The fraction of sp³-hybridized carbons (Fsp3) is 0.200. The van der Waals surface area contributed by atoms with E-state index in [-0.39, 0.29) is 17.5 Å². The zero-order chi connectivity index (χ0) is 14.3. The van der Waals surface area contributed by atoms with E-state index in [1.54, 1.807) is 18.2 Å². The summed E-state index contributed by atoms with van der Waals surface area (Å²) in [4.78, 5) is 0. The summed E-state index contributed by atoms with van der Waals surface area (Å²) in [5.74, 6) is -1.21. The summed E-state index contributed by atoms with van der Waals surface area (Å²) < 4.78 is 32.6. The maximum absolute atomic E-state index is 13.9. The van der Waals surface area contributed by atoms with Crippen LogP contribution in [0.25, 0.3) is 0 Å². The van der Waals surface area contributed by atoms with Crippen LogP contribution in [0.4, 0.5) is 8.78 Å². The molecule has 2 aromatic carbocycles. The highest BCUT2D eigenvalue weighted by Crippen LogP contribution is 2.58. The topological polar surface area (TPSA) is 12.5 Å². The van der Waals surface area contributed by atoms with Crippen molar-refractivity contribution < 1.29 is 13.5 Å². The minimum Gasteiger partial charge on any atom is -0.354 e. The Kier molecular flexibility index (Phi) is 3.44. The van der Waals surface area contributed by atoms with Crippen molar-refractivity contribution in [3.63, 3.8) is 0 Å². The fourth-order valence-electron chi connectivity index (χ4n) is 2.39. The van der Waals surface area contributed by atoms with Gasteiger partial charge in [-0.05, 0) is 23.8 Å². The smallest absolute Gasteiger partial charge is 0.141 e. The van der Waals surface area contributed by atoms with Crippen molar-refractivity contribution in [1.29, 1.82) is 0 Å². The lowest BCUT2D eigenvalue weighted by Gasteiger charge is -2.11. The van der Waals surface area contributed by atoms with E-state index < -0.39 is 17.2 Å². The molecule has 20 heavy (non-hydrogen) atoms. The summed E-state index contributed by atoms with van der Waals surface area (Å²) >= 11 is 11.9. The van der Waals surface area contributed by atoms with Gasteiger partial charge in [0.2, 0.25) is 0 Å². The van der Waals surface area contributed by atoms with Gasteiger partial charge in [0.25, 0.3) is 0 Å². The van der Waals surface area contributed by atoms with Crippen molar-refractivity contribution in [2.24, 2.45) is 0 Å². The number of hydrogen-bond acceptors (Lipinski definition) is 1. The molecule has 0 N–H and O–H groups in total. The van der Waals surface area contributed by atoms with Crippen LogP contribution in [-0.2, 0) is 10.3 Å². The van der Waals surface area contributed by atoms with Gasteiger partial charge in [-0.15, -0.1) is 11.6 Å². The fourth-order valence-corrected chi connectivity index (χ4v) is 2.94. The monoisotopic (exact) mass is 314 g/mol. The SMILES string of the molecule is Fc1ccc(C2(CCl)OC2c2cccc(Cl)c2)c(F)c1. The van der Waals surface area contributed by atoms with E-state index >= 15 is 0 Å². The van der Waals surface area contributed by atoms with Gasteiger partial charge in [-0.25, -0.2) is 8.78 Å². The predicted octanol–water partition coefficient (Wildman–Crippen LogP) is 4.82. The molecule has 0 aliphatic carbocycles. The molecule has 0 amide bonds. The van der Waals surface area contributed by atoms with Crippen LogP contribution in [0.3, 0.4) is 0 Å². The van der Waals surface area contributed by atoms with Gasteiger partial charge in [0, 0.05) is 16.7 Å². The number of epoxide rings is 1. The Balaban J connectivity index is 1.99. The standard InChI is InChI=1S/C15H10Cl2F2O/c16-8-15(12-5-4-11(18)7-13(12)19)14(20-15)9-2-1-3-10(17)6-9/h1-7,14H,8H2. The van der Waals surface area contributed by atoms with Crippen LogP contribution in [0.15, 0.2) is 42.5 Å². The molecule has 0 spiro atoms. The van der Waals surface area contributed by atoms with Crippen molar-refractivity contribution >= 4 is 23.2 Å². The second-order valence-electron chi connectivity index (χ2n) is 4.70. The van der Waals surface area contributed by atoms with E-state index in [0.29, 0.717) is 5.02 Å². The lowest BCUT2D eigenvalue weighted by Crippen LogP contribution is -2.14. The van der Waals surface area contributed by atoms with Crippen LogP contribution in [0.5, 0.6) is 0 Å². The number of halogens is 4. The molecule has 3 rings (SSSR count). The first-order chi connectivity index (χ1) is 9.56. The Morgan fingerprint density at radius 2 is 1.95 bits per heavy atom. The van der Waals surface area contributed by atoms with E-state index in [2.05, 4.69) is 0 Å². The quantitative estimate of drug-likeness (QED) is 0.584. The molecular formula is C15H10Cl2F2O. The number of rotatable bonds is 3. The van der Waals surface area contributed by atoms with Crippen LogP contribution in [0, 0.1) is 11.6 Å². The number of ether oxygens (including phenoxy) is 1. The lowest BCUT2D eigenvalue weighted by atomic mass is 9.93. The molecule has 5 heteroatoms. The molecule has 2 atom stereocenters. The molecule has 0 radical (unpaired) electrons. The van der Waals surface area contributed by atoms with Crippen molar-refractivity contribution in [3.05, 3.63) is 70.2 Å². The molecule has 2 aromatic rings. The van der Waals surface area contributed by atoms with Gasteiger partial charge in [0.05, 0.1) is 5.88 Å². The predicted molar refractivity (Wildman–Crippen MR) is 74.0 cm³/mol. The van der Waals surface area contributed by atoms with Crippen molar-refractivity contribution in [2.75, 3.05) is 5.88 Å². The summed E-state index contributed by atoms with van der Waals surface area (Å²) in [5.41, 5.74) is 0.130. The van der Waals surface area contributed by atoms with Crippen LogP contribution < -0.4 is 0 Å². The zero-order valence-electron chi connectivity index (χ0n) is 10.2. The van der Waals surface area contributed by atoms with E-state index in [0.717, 1.165) is 11.6 Å². The number of benzene rings is 2. The van der Waals surface area contributed by atoms with E-state index in [9.17, 15) is 8.78 Å². The van der Waals surface area contributed by atoms with Gasteiger partial charge >= 0.3 is 0 Å². The first-order valence-corrected chi connectivity index (χ1v) is 6.93. The average Bonchev–Trinajstić information content (AvgIpc) is 3.14. The Bertz CT molecular complexity index is 662. The van der Waals surface area contributed by atoms with Crippen molar-refractivity contribution in [1.82, 2.24) is 0 Å². The largest absolute Gasteiger partial charge is 0.354 e. The maximum Gasteiger partial charge on any atom is 0.141 e. The molecule has 0 bridgehead atoms. The number of alkyl halides is 1. The first-order valence-electron chi connectivity index (χ1n) is 6.01. The Morgan fingerprint density at radius 1 is 1.15 bits per heavy atom. The number of hydrogen-bond donors (Lipinski definition) is 0. The Morgan fingerprint density at radius 3 is 2.60 bits per heavy atom. The van der Waals surface area contributed by atoms with Crippen LogP contribution in [0.2, 0.25) is 5.02 Å². The van der Waals surface area contributed by atoms with Gasteiger partial charge in [-0.2, -0.15) is 0 Å². The second-order valence-corrected chi connectivity index (χ2v) is 5.40. The minimum atomic E-state index is -0.954. The minimum absolute atomic E-state index is 0.0761. The molecular weight excluding hydrogens is 305 g/mol. The van der Waals surface area contributed by atoms with Gasteiger partial charge in [-0.1, -0.05) is 29.8 Å². The molecule has 0 saturated carbocycles. The summed E-state index contributed by atoms with van der Waals surface area (Å²) in [7, 11) is 0. The molecule has 1 fully saturated rings. The zero-order valence-corrected chi connectivity index (χ0v) is 11.8. The molecule has 104 valence electrons. The molecule has 1 aliphatic heterocycles. The van der Waals surface area contributed by atoms with Crippen molar-refractivity contribution in [3.8, 4) is 0 Å². The first kappa shape index (κ1) is 13.8. The van der Waals surface area contributed by atoms with Gasteiger partial charge < -0.3 is 4.74 Å². The lowest BCUT2D eigenvalue weighted by molar-refractivity contribution is 0.309. The van der Waals surface area contributed by atoms with Crippen LogP contribution in [-0.4, -0.2) is 5.88 Å². The molecule has 1 heterocycles. The third-order valence-corrected chi connectivity index (χ3v) is 4.06. The van der Waals surface area contributed by atoms with Gasteiger partial charge in [0.1, 0.15) is 23.3 Å². The molecule has 1 saturated heterocycles. The summed E-state index contributed by atoms with van der Waals surface area (Å²) in [5, 5.41) is 0.570. The molecule has 0 aromatic heterocycles. The van der Waals surface area contributed by atoms with Gasteiger partial charge in [-0.3, -0.25) is 0 Å². The Labute approximate surface area is 125 Å². The summed E-state index contributed by atoms with van der Waals surface area (Å²) in [6.45, 7) is 0. The highest BCUT2D eigenvalue weighted by atomic mass is 35.5. The molecule has 2 unspecified atom stereocenters. The highest BCUT2D eigenvalue weighted by molar-refractivity contribution is 6.30. The van der Waals surface area contributed by atoms with Crippen molar-refractivity contribution in [2.45, 2.75) is 11.7 Å². The van der Waals surface area contributed by atoms with Gasteiger partial charge in [0.15, 0.2) is 0 Å². The molecule has 1 aliphatic rings. The summed E-state index contributed by atoms with van der Waals surface area (Å²) in [6.07, 6.45) is -0.376. The molecule has 1 nitrogen and oxygen atoms in total. The Hall–Kier alpha value is -1.16. The third kappa shape index (κ3) is 2.20. The second kappa shape index (κ2) is 4.99. The normalized spacial score (nSPS) is 24.7. The summed E-state index contributed by atoms with van der Waals surface area (Å²) in [6, 6.07) is 10.5. The van der Waals surface area contributed by atoms with E-state index in [1.165, 1.54) is 12.1 Å². The maximum atomic E-state index is 13.9. The highest BCUT2D eigenvalue weighted by Gasteiger charge is 2.59. The van der Waals surface area contributed by atoms with Crippen LogP contribution in [0.1, 0.15) is 17.2 Å². The third-order valence-electron chi connectivity index (χ3n) is 3.43. The average molecular weight is 315 g/mol. The van der Waals surface area contributed by atoms with E-state index in [4.69, 9.17) is 27.9 Å².